The van der Waals surface area contributed by atoms with E-state index in [1.165, 1.54) is 4.57 Å². The summed E-state index contributed by atoms with van der Waals surface area (Å²) < 4.78 is 1.49. The third-order valence-electron chi connectivity index (χ3n) is 8.47. The monoisotopic (exact) mass is 646 g/mol. The molecule has 1 saturated heterocycles. The average Bonchev–Trinajstić information content (AvgIpc) is 3.07. The predicted octanol–water partition coefficient (Wildman–Crippen LogP) is 5.82. The summed E-state index contributed by atoms with van der Waals surface area (Å²) in [4.78, 5) is 53.8. The van der Waals surface area contributed by atoms with Gasteiger partial charge in [-0.05, 0) is 77.6 Å². The highest BCUT2D eigenvalue weighted by atomic mass is 16.2. The first-order valence-corrected chi connectivity index (χ1v) is 15.9. The Kier molecular flexibility index (Phi) is 9.95. The molecule has 1 fully saturated rings. The van der Waals surface area contributed by atoms with E-state index in [1.54, 1.807) is 42.4 Å². The smallest absolute Gasteiger partial charge is 0.274 e. The van der Waals surface area contributed by atoms with Crippen LogP contribution in [0, 0.1) is 6.92 Å². The van der Waals surface area contributed by atoms with Gasteiger partial charge in [-0.2, -0.15) is 0 Å². The Balaban J connectivity index is 1.43. The fraction of sp³-hybridized carbons (Fsp3) is 0.263. The van der Waals surface area contributed by atoms with E-state index < -0.39 is 5.91 Å². The molecule has 10 heteroatoms. The number of aromatic nitrogens is 1. The number of benzene rings is 3. The molecule has 4 N–H and O–H groups in total. The molecule has 0 spiro atoms. The van der Waals surface area contributed by atoms with Crippen LogP contribution in [0.15, 0.2) is 90.4 Å². The van der Waals surface area contributed by atoms with Gasteiger partial charge in [0, 0.05) is 61.9 Å². The van der Waals surface area contributed by atoms with Crippen molar-refractivity contribution in [3.8, 4) is 11.1 Å². The maximum atomic E-state index is 13.3. The minimum absolute atomic E-state index is 0.0133. The second-order valence-electron chi connectivity index (χ2n) is 12.9. The number of aryl methyl sites for hydroxylation is 1. The second-order valence-corrected chi connectivity index (χ2v) is 12.9. The Bertz CT molecular complexity index is 1930. The second kappa shape index (κ2) is 14.1. The Morgan fingerprint density at radius 3 is 2.27 bits per heavy atom. The van der Waals surface area contributed by atoms with Crippen LogP contribution in [0.4, 0.5) is 22.7 Å². The molecule has 2 heterocycles. The first-order valence-electron chi connectivity index (χ1n) is 15.9. The number of carbonyl (C=O) groups is 3. The molecule has 0 unspecified atom stereocenters. The largest absolute Gasteiger partial charge is 0.351 e. The van der Waals surface area contributed by atoms with Gasteiger partial charge in [0.1, 0.15) is 5.69 Å². The van der Waals surface area contributed by atoms with E-state index in [1.807, 2.05) is 49.4 Å². The van der Waals surface area contributed by atoms with Gasteiger partial charge < -0.3 is 30.7 Å². The van der Waals surface area contributed by atoms with Crippen molar-refractivity contribution in [1.29, 1.82) is 0 Å². The molecule has 48 heavy (non-hydrogen) atoms. The minimum Gasteiger partial charge on any atom is -0.351 e. The SMILES string of the molecule is C=CC(=O)Nc1cc(Nc2cc(-c3cccc(NC(=O)c4ccc(C(C)(C)C)cc4)c3C)cn(C)c2=O)ccc1C(=O)N1CCNCC1. The molecule has 1 aromatic heterocycles. The zero-order valence-electron chi connectivity index (χ0n) is 28.1. The van der Waals surface area contributed by atoms with Gasteiger partial charge in [-0.1, -0.05) is 51.6 Å². The summed E-state index contributed by atoms with van der Waals surface area (Å²) in [6.07, 6.45) is 2.89. The topological polar surface area (TPSA) is 125 Å². The summed E-state index contributed by atoms with van der Waals surface area (Å²) in [7, 11) is 1.67. The molecule has 0 radical (unpaired) electrons. The molecular formula is C38H42N6O4. The molecular weight excluding hydrogens is 604 g/mol. The van der Waals surface area contributed by atoms with Crippen molar-refractivity contribution in [2.45, 2.75) is 33.1 Å². The molecule has 3 amide bonds. The standard InChI is InChI=1S/C38H42N6O4/c1-7-34(45)41-32-22-28(15-16-30(32)36(47)44-19-17-39-18-20-44)40-33-21-26(23-43(6)37(33)48)29-9-8-10-31(24(29)2)42-35(46)25-11-13-27(14-12-25)38(3,4)5/h7-16,21-23,39-40H,1,17-20H2,2-6H3,(H,41,45)(H,42,46). The number of piperazine rings is 1. The zero-order chi connectivity index (χ0) is 34.6. The van der Waals surface area contributed by atoms with Crippen LogP contribution < -0.4 is 26.8 Å². The van der Waals surface area contributed by atoms with Crippen molar-refractivity contribution in [2.75, 3.05) is 42.1 Å². The molecule has 1 aliphatic rings. The summed E-state index contributed by atoms with van der Waals surface area (Å²) in [5.74, 6) is -0.856. The molecule has 0 atom stereocenters. The molecule has 1 aliphatic heterocycles. The van der Waals surface area contributed by atoms with Gasteiger partial charge in [0.25, 0.3) is 17.4 Å². The van der Waals surface area contributed by atoms with Crippen molar-refractivity contribution >= 4 is 40.5 Å². The third-order valence-corrected chi connectivity index (χ3v) is 8.47. The van der Waals surface area contributed by atoms with Gasteiger partial charge in [-0.3, -0.25) is 19.2 Å². The number of nitrogens with one attached hydrogen (secondary N) is 4. The van der Waals surface area contributed by atoms with Crippen molar-refractivity contribution < 1.29 is 14.4 Å². The van der Waals surface area contributed by atoms with Crippen LogP contribution >= 0.6 is 0 Å². The van der Waals surface area contributed by atoms with Crippen molar-refractivity contribution in [1.82, 2.24) is 14.8 Å². The Hall–Kier alpha value is -5.48. The maximum absolute atomic E-state index is 13.3. The first kappa shape index (κ1) is 33.9. The van der Waals surface area contributed by atoms with E-state index >= 15 is 0 Å². The summed E-state index contributed by atoms with van der Waals surface area (Å²) in [5.41, 5.74) is 5.99. The average molecular weight is 647 g/mol. The summed E-state index contributed by atoms with van der Waals surface area (Å²) in [6.45, 7) is 14.4. The highest BCUT2D eigenvalue weighted by Crippen LogP contribution is 2.31. The van der Waals surface area contributed by atoms with Crippen LogP contribution in [0.1, 0.15) is 52.6 Å². The van der Waals surface area contributed by atoms with E-state index in [0.29, 0.717) is 60.1 Å². The predicted molar refractivity (Wildman–Crippen MR) is 192 cm³/mol. The molecule has 3 aromatic carbocycles. The van der Waals surface area contributed by atoms with Gasteiger partial charge >= 0.3 is 0 Å². The lowest BCUT2D eigenvalue weighted by Gasteiger charge is -2.28. The summed E-state index contributed by atoms with van der Waals surface area (Å²) in [6, 6.07) is 20.0. The van der Waals surface area contributed by atoms with Crippen molar-refractivity contribution in [2.24, 2.45) is 7.05 Å². The molecule has 0 saturated carbocycles. The molecule has 5 rings (SSSR count). The van der Waals surface area contributed by atoms with Crippen LogP contribution in [-0.2, 0) is 17.3 Å². The number of hydrogen-bond acceptors (Lipinski definition) is 6. The quantitative estimate of drug-likeness (QED) is 0.179. The summed E-state index contributed by atoms with van der Waals surface area (Å²) in [5, 5.41) is 12.2. The lowest BCUT2D eigenvalue weighted by Crippen LogP contribution is -2.46. The molecule has 10 nitrogen and oxygen atoms in total. The van der Waals surface area contributed by atoms with Crippen LogP contribution in [0.3, 0.4) is 0 Å². The van der Waals surface area contributed by atoms with Crippen LogP contribution in [0.25, 0.3) is 11.1 Å². The third kappa shape index (κ3) is 7.56. The molecule has 0 bridgehead atoms. The fourth-order valence-corrected chi connectivity index (χ4v) is 5.64. The van der Waals surface area contributed by atoms with E-state index in [-0.39, 0.29) is 22.8 Å². The molecule has 248 valence electrons. The normalized spacial score (nSPS) is 13.1. The minimum atomic E-state index is -0.455. The van der Waals surface area contributed by atoms with E-state index in [4.69, 9.17) is 0 Å². The van der Waals surface area contributed by atoms with Crippen molar-refractivity contribution in [3.05, 3.63) is 118 Å². The van der Waals surface area contributed by atoms with E-state index in [2.05, 4.69) is 48.6 Å². The Morgan fingerprint density at radius 2 is 1.60 bits per heavy atom. The molecule has 0 aliphatic carbocycles. The highest BCUT2D eigenvalue weighted by molar-refractivity contribution is 6.07. The Labute approximate surface area is 280 Å². The van der Waals surface area contributed by atoms with Crippen LogP contribution in [-0.4, -0.2) is 53.4 Å². The number of hydrogen-bond donors (Lipinski definition) is 4. The number of carbonyl (C=O) groups excluding carboxylic acids is 3. The van der Waals surface area contributed by atoms with Gasteiger partial charge in [0.2, 0.25) is 5.91 Å². The molecule has 4 aromatic rings. The van der Waals surface area contributed by atoms with Gasteiger partial charge in [0.15, 0.2) is 0 Å². The number of anilines is 4. The fourth-order valence-electron chi connectivity index (χ4n) is 5.64. The van der Waals surface area contributed by atoms with Gasteiger partial charge in [0.05, 0.1) is 11.3 Å². The van der Waals surface area contributed by atoms with Gasteiger partial charge in [-0.25, -0.2) is 0 Å². The number of pyridine rings is 1. The maximum Gasteiger partial charge on any atom is 0.274 e. The number of rotatable bonds is 8. The van der Waals surface area contributed by atoms with Crippen molar-refractivity contribution in [3.63, 3.8) is 0 Å². The van der Waals surface area contributed by atoms with E-state index in [9.17, 15) is 19.2 Å². The van der Waals surface area contributed by atoms with Crippen LogP contribution in [0.2, 0.25) is 0 Å². The van der Waals surface area contributed by atoms with Gasteiger partial charge in [-0.15, -0.1) is 0 Å². The zero-order valence-corrected chi connectivity index (χ0v) is 28.1. The van der Waals surface area contributed by atoms with E-state index in [0.717, 1.165) is 28.3 Å². The number of amides is 3. The lowest BCUT2D eigenvalue weighted by atomic mass is 9.86. The van der Waals surface area contributed by atoms with Crippen LogP contribution in [0.5, 0.6) is 0 Å². The number of nitrogens with zero attached hydrogens (tertiary/aromatic N) is 2. The summed E-state index contributed by atoms with van der Waals surface area (Å²) >= 11 is 0. The Morgan fingerprint density at radius 1 is 0.896 bits per heavy atom. The highest BCUT2D eigenvalue weighted by Gasteiger charge is 2.22. The first-order chi connectivity index (χ1) is 22.8. The lowest BCUT2D eigenvalue weighted by molar-refractivity contribution is -0.111.